The van der Waals surface area contributed by atoms with Crippen molar-refractivity contribution < 1.29 is 27.1 Å². The smallest absolute Gasteiger partial charge is 0.451 e. The third-order valence-corrected chi connectivity index (χ3v) is 5.17. The van der Waals surface area contributed by atoms with Gasteiger partial charge in [0.05, 0.1) is 0 Å². The summed E-state index contributed by atoms with van der Waals surface area (Å²) in [6, 6.07) is 8.66. The Morgan fingerprint density at radius 2 is 1.81 bits per heavy atom. The van der Waals surface area contributed by atoms with Crippen molar-refractivity contribution in [3.8, 4) is 17.1 Å². The summed E-state index contributed by atoms with van der Waals surface area (Å²) in [5.41, 5.74) is 0.561. The molecule has 27 heavy (non-hydrogen) atoms. The zero-order valence-corrected chi connectivity index (χ0v) is 14.5. The fraction of sp³-hybridized carbons (Fsp3) is 0.421. The Morgan fingerprint density at radius 3 is 2.41 bits per heavy atom. The molecule has 1 atom stereocenters. The third kappa shape index (κ3) is 4.10. The molecule has 4 heterocycles. The summed E-state index contributed by atoms with van der Waals surface area (Å²) in [5.74, 6) is 0.536. The molecule has 2 aromatic rings. The van der Waals surface area contributed by atoms with Crippen molar-refractivity contribution in [2.45, 2.75) is 25.2 Å². The lowest BCUT2D eigenvalue weighted by Gasteiger charge is -2.44. The van der Waals surface area contributed by atoms with E-state index in [1.807, 2.05) is 0 Å². The normalized spacial score (nSPS) is 24.6. The number of carbonyl (C=O) groups is 1. The van der Waals surface area contributed by atoms with Crippen molar-refractivity contribution in [2.75, 3.05) is 19.6 Å². The molecule has 1 aromatic carbocycles. The lowest BCUT2D eigenvalue weighted by molar-refractivity contribution is -0.274. The molecule has 5 rings (SSSR count). The monoisotopic (exact) mass is 380 g/mol. The van der Waals surface area contributed by atoms with Gasteiger partial charge in [0.15, 0.2) is 5.76 Å². The average molecular weight is 380 g/mol. The maximum Gasteiger partial charge on any atom is 0.573 e. The summed E-state index contributed by atoms with van der Waals surface area (Å²) >= 11 is 0. The van der Waals surface area contributed by atoms with Gasteiger partial charge >= 0.3 is 6.36 Å². The van der Waals surface area contributed by atoms with Gasteiger partial charge in [0.1, 0.15) is 11.5 Å². The Bertz CT molecular complexity index is 808. The minimum atomic E-state index is -4.73. The number of hydrogen-bond donors (Lipinski definition) is 1. The number of benzene rings is 1. The molecule has 1 amide bonds. The number of amides is 1. The van der Waals surface area contributed by atoms with Crippen LogP contribution in [0.25, 0.3) is 11.3 Å². The number of alkyl halides is 3. The molecule has 3 fully saturated rings. The molecule has 5 nitrogen and oxygen atoms in total. The number of ether oxygens (including phenoxy) is 1. The molecular weight excluding hydrogens is 361 g/mol. The highest BCUT2D eigenvalue weighted by Gasteiger charge is 2.35. The number of fused-ring (bicyclic) bond motifs is 3. The Hall–Kier alpha value is -2.48. The van der Waals surface area contributed by atoms with Crippen molar-refractivity contribution in [1.82, 2.24) is 10.2 Å². The first kappa shape index (κ1) is 17.9. The number of furan rings is 1. The van der Waals surface area contributed by atoms with Crippen molar-refractivity contribution >= 4 is 5.91 Å². The number of halogens is 3. The highest BCUT2D eigenvalue weighted by atomic mass is 19.4. The van der Waals surface area contributed by atoms with Crippen LogP contribution in [-0.2, 0) is 0 Å². The van der Waals surface area contributed by atoms with Crippen molar-refractivity contribution in [3.05, 3.63) is 42.2 Å². The van der Waals surface area contributed by atoms with Crippen molar-refractivity contribution in [1.29, 1.82) is 0 Å². The molecule has 3 aliphatic rings. The second kappa shape index (κ2) is 6.92. The number of nitrogens with one attached hydrogen (secondary N) is 1. The van der Waals surface area contributed by atoms with Crippen LogP contribution in [0.5, 0.6) is 5.75 Å². The first-order chi connectivity index (χ1) is 12.9. The minimum Gasteiger partial charge on any atom is -0.451 e. The number of piperidine rings is 3. The van der Waals surface area contributed by atoms with Crippen LogP contribution in [0.3, 0.4) is 0 Å². The Kier molecular flexibility index (Phi) is 4.59. The third-order valence-electron chi connectivity index (χ3n) is 5.17. The summed E-state index contributed by atoms with van der Waals surface area (Å²) in [5, 5.41) is 3.05. The first-order valence-electron chi connectivity index (χ1n) is 8.87. The molecule has 0 aliphatic carbocycles. The van der Waals surface area contributed by atoms with Crippen LogP contribution in [0, 0.1) is 5.92 Å². The van der Waals surface area contributed by atoms with Gasteiger partial charge in [-0.3, -0.25) is 4.79 Å². The molecule has 144 valence electrons. The largest absolute Gasteiger partial charge is 0.573 e. The second-order valence-electron chi connectivity index (χ2n) is 6.95. The molecule has 0 spiro atoms. The second-order valence-corrected chi connectivity index (χ2v) is 6.95. The van der Waals surface area contributed by atoms with Crippen LogP contribution >= 0.6 is 0 Å². The predicted octanol–water partition coefficient (Wildman–Crippen LogP) is 3.67. The van der Waals surface area contributed by atoms with Gasteiger partial charge in [-0.1, -0.05) is 0 Å². The van der Waals surface area contributed by atoms with Crippen LogP contribution in [0.15, 0.2) is 40.8 Å². The number of hydrogen-bond acceptors (Lipinski definition) is 4. The van der Waals surface area contributed by atoms with Gasteiger partial charge in [0, 0.05) is 18.2 Å². The number of rotatable bonds is 4. The van der Waals surface area contributed by atoms with Crippen LogP contribution in [0.2, 0.25) is 0 Å². The van der Waals surface area contributed by atoms with E-state index in [0.29, 0.717) is 17.2 Å². The van der Waals surface area contributed by atoms with E-state index in [1.54, 1.807) is 12.1 Å². The molecule has 3 saturated heterocycles. The highest BCUT2D eigenvalue weighted by Crippen LogP contribution is 2.29. The van der Waals surface area contributed by atoms with E-state index in [2.05, 4.69) is 15.0 Å². The maximum absolute atomic E-state index is 12.5. The van der Waals surface area contributed by atoms with Gasteiger partial charge in [-0.25, -0.2) is 0 Å². The van der Waals surface area contributed by atoms with Crippen molar-refractivity contribution in [3.63, 3.8) is 0 Å². The summed E-state index contributed by atoms with van der Waals surface area (Å²) in [6.45, 7) is 3.05. The summed E-state index contributed by atoms with van der Waals surface area (Å²) in [4.78, 5) is 14.8. The van der Waals surface area contributed by atoms with Crippen LogP contribution < -0.4 is 10.1 Å². The summed E-state index contributed by atoms with van der Waals surface area (Å²) in [6.07, 6.45) is -2.53. The predicted molar refractivity (Wildman–Crippen MR) is 91.2 cm³/mol. The lowest BCUT2D eigenvalue weighted by atomic mass is 9.84. The maximum atomic E-state index is 12.5. The molecule has 1 unspecified atom stereocenters. The fourth-order valence-electron chi connectivity index (χ4n) is 3.80. The molecule has 3 aliphatic heterocycles. The average Bonchev–Trinajstić information content (AvgIpc) is 3.12. The van der Waals surface area contributed by atoms with Gasteiger partial charge in [-0.05, 0) is 68.2 Å². The molecular formula is C19H19F3N2O3. The van der Waals surface area contributed by atoms with E-state index in [-0.39, 0.29) is 23.5 Å². The van der Waals surface area contributed by atoms with Crippen LogP contribution in [0.4, 0.5) is 13.2 Å². The van der Waals surface area contributed by atoms with E-state index < -0.39 is 6.36 Å². The Morgan fingerprint density at radius 1 is 1.11 bits per heavy atom. The molecule has 2 bridgehead atoms. The van der Waals surface area contributed by atoms with E-state index in [0.717, 1.165) is 32.5 Å². The van der Waals surface area contributed by atoms with Crippen LogP contribution in [0.1, 0.15) is 23.4 Å². The summed E-state index contributed by atoms with van der Waals surface area (Å²) < 4.78 is 46.1. The zero-order chi connectivity index (χ0) is 19.0. The van der Waals surface area contributed by atoms with Gasteiger partial charge in [-0.2, -0.15) is 0 Å². The highest BCUT2D eigenvalue weighted by molar-refractivity contribution is 5.92. The standard InChI is InChI=1S/C19H19F3N2O3/c20-19(21,22)27-14-3-1-13(2-4-14)16-5-6-17(26-16)18(25)23-15-11-24-9-7-12(15)8-10-24/h1-6,12,15H,7-11H2,(H,23,25). The van der Waals surface area contributed by atoms with E-state index >= 15 is 0 Å². The topological polar surface area (TPSA) is 54.7 Å². The van der Waals surface area contributed by atoms with Gasteiger partial charge in [0.2, 0.25) is 0 Å². The minimum absolute atomic E-state index is 0.132. The van der Waals surface area contributed by atoms with E-state index in [9.17, 15) is 18.0 Å². The van der Waals surface area contributed by atoms with E-state index in [4.69, 9.17) is 4.42 Å². The molecule has 1 aromatic heterocycles. The first-order valence-corrected chi connectivity index (χ1v) is 8.87. The number of nitrogens with zero attached hydrogens (tertiary/aromatic N) is 1. The SMILES string of the molecule is O=C(NC1CN2CCC1CC2)c1ccc(-c2ccc(OC(F)(F)F)cc2)o1. The number of carbonyl (C=O) groups excluding carboxylic acids is 1. The molecule has 1 N–H and O–H groups in total. The summed E-state index contributed by atoms with van der Waals surface area (Å²) in [7, 11) is 0. The van der Waals surface area contributed by atoms with Gasteiger partial charge < -0.3 is 19.4 Å². The van der Waals surface area contributed by atoms with Crippen LogP contribution in [-0.4, -0.2) is 42.8 Å². The van der Waals surface area contributed by atoms with Crippen molar-refractivity contribution in [2.24, 2.45) is 5.92 Å². The Labute approximate surface area is 154 Å². The Balaban J connectivity index is 1.41. The van der Waals surface area contributed by atoms with Gasteiger partial charge in [-0.15, -0.1) is 13.2 Å². The zero-order valence-electron chi connectivity index (χ0n) is 14.5. The fourth-order valence-corrected chi connectivity index (χ4v) is 3.80. The molecule has 8 heteroatoms. The van der Waals surface area contributed by atoms with E-state index in [1.165, 1.54) is 24.3 Å². The quantitative estimate of drug-likeness (QED) is 0.880. The van der Waals surface area contributed by atoms with Gasteiger partial charge in [0.25, 0.3) is 5.91 Å². The molecule has 0 radical (unpaired) electrons. The molecule has 0 saturated carbocycles. The lowest BCUT2D eigenvalue weighted by Crippen LogP contribution is -2.57.